The quantitative estimate of drug-likeness (QED) is 0.725. The molecule has 0 radical (unpaired) electrons. The van der Waals surface area contributed by atoms with Gasteiger partial charge in [0.25, 0.3) is 0 Å². The molecular formula is C14H18O2. The predicted octanol–water partition coefficient (Wildman–Crippen LogP) is 2.56. The maximum atomic E-state index is 10.6. The monoisotopic (exact) mass is 218 g/mol. The maximum absolute atomic E-state index is 10.6. The SMILES string of the molecule is Cc1ccc2c(c1)O[C@H]1CC[C@]2(C)[C@]1(C)O. The summed E-state index contributed by atoms with van der Waals surface area (Å²) >= 11 is 0. The van der Waals surface area contributed by atoms with Crippen LogP contribution in [-0.4, -0.2) is 16.8 Å². The van der Waals surface area contributed by atoms with Crippen molar-refractivity contribution in [2.45, 2.75) is 50.7 Å². The zero-order chi connectivity index (χ0) is 11.6. The van der Waals surface area contributed by atoms with Gasteiger partial charge >= 0.3 is 0 Å². The van der Waals surface area contributed by atoms with Gasteiger partial charge in [0.15, 0.2) is 0 Å². The van der Waals surface area contributed by atoms with Crippen molar-refractivity contribution >= 4 is 0 Å². The number of hydrogen-bond donors (Lipinski definition) is 1. The lowest BCUT2D eigenvalue weighted by Gasteiger charge is -2.45. The molecule has 1 heterocycles. The van der Waals surface area contributed by atoms with Crippen LogP contribution in [0.2, 0.25) is 0 Å². The summed E-state index contributed by atoms with van der Waals surface area (Å²) in [4.78, 5) is 0. The number of rotatable bonds is 0. The van der Waals surface area contributed by atoms with Crippen molar-refractivity contribution in [1.82, 2.24) is 0 Å². The van der Waals surface area contributed by atoms with Crippen molar-refractivity contribution in [2.24, 2.45) is 0 Å². The molecular weight excluding hydrogens is 200 g/mol. The van der Waals surface area contributed by atoms with Crippen LogP contribution in [0.15, 0.2) is 18.2 Å². The number of hydrogen-bond acceptors (Lipinski definition) is 2. The second kappa shape index (κ2) is 2.80. The molecule has 3 atom stereocenters. The van der Waals surface area contributed by atoms with Gasteiger partial charge in [-0.3, -0.25) is 0 Å². The smallest absolute Gasteiger partial charge is 0.128 e. The van der Waals surface area contributed by atoms with Gasteiger partial charge in [-0.1, -0.05) is 19.1 Å². The highest BCUT2D eigenvalue weighted by Crippen LogP contribution is 2.55. The van der Waals surface area contributed by atoms with Crippen LogP contribution in [0.4, 0.5) is 0 Å². The molecule has 0 unspecified atom stereocenters. The molecule has 2 bridgehead atoms. The van der Waals surface area contributed by atoms with Crippen LogP contribution in [0.3, 0.4) is 0 Å². The molecule has 1 N–H and O–H groups in total. The Morgan fingerprint density at radius 3 is 2.88 bits per heavy atom. The minimum atomic E-state index is -0.741. The Morgan fingerprint density at radius 1 is 1.38 bits per heavy atom. The molecule has 0 amide bonds. The highest BCUT2D eigenvalue weighted by atomic mass is 16.5. The summed E-state index contributed by atoms with van der Waals surface area (Å²) in [6.07, 6.45) is 1.89. The van der Waals surface area contributed by atoms with Gasteiger partial charge in [0, 0.05) is 11.0 Å². The Kier molecular flexibility index (Phi) is 1.78. The molecule has 2 heteroatoms. The van der Waals surface area contributed by atoms with E-state index in [1.54, 1.807) is 0 Å². The van der Waals surface area contributed by atoms with E-state index in [4.69, 9.17) is 4.74 Å². The van der Waals surface area contributed by atoms with Crippen LogP contribution in [0.5, 0.6) is 5.75 Å². The fourth-order valence-corrected chi connectivity index (χ4v) is 3.23. The fourth-order valence-electron chi connectivity index (χ4n) is 3.23. The third-order valence-electron chi connectivity index (χ3n) is 4.65. The molecule has 0 aromatic heterocycles. The highest BCUT2D eigenvalue weighted by molar-refractivity contribution is 5.48. The van der Waals surface area contributed by atoms with Crippen molar-refractivity contribution in [2.75, 3.05) is 0 Å². The molecule has 1 aromatic rings. The van der Waals surface area contributed by atoms with E-state index in [0.29, 0.717) is 0 Å². The summed E-state index contributed by atoms with van der Waals surface area (Å²) < 4.78 is 5.93. The summed E-state index contributed by atoms with van der Waals surface area (Å²) in [6, 6.07) is 6.30. The van der Waals surface area contributed by atoms with Crippen LogP contribution in [0.1, 0.15) is 37.8 Å². The third-order valence-corrected chi connectivity index (χ3v) is 4.65. The van der Waals surface area contributed by atoms with Gasteiger partial charge in [-0.05, 0) is 38.3 Å². The summed E-state index contributed by atoms with van der Waals surface area (Å²) in [5.41, 5.74) is 1.48. The van der Waals surface area contributed by atoms with E-state index in [0.717, 1.165) is 24.2 Å². The lowest BCUT2D eigenvalue weighted by molar-refractivity contribution is -0.0794. The number of benzene rings is 1. The van der Waals surface area contributed by atoms with Gasteiger partial charge in [0.1, 0.15) is 17.5 Å². The Bertz CT molecular complexity index is 450. The number of ether oxygens (including phenoxy) is 1. The van der Waals surface area contributed by atoms with Crippen molar-refractivity contribution in [1.29, 1.82) is 0 Å². The van der Waals surface area contributed by atoms with E-state index < -0.39 is 5.60 Å². The van der Waals surface area contributed by atoms with E-state index >= 15 is 0 Å². The largest absolute Gasteiger partial charge is 0.487 e. The predicted molar refractivity (Wildman–Crippen MR) is 62.8 cm³/mol. The molecule has 1 aromatic carbocycles. The van der Waals surface area contributed by atoms with Crippen LogP contribution in [0.25, 0.3) is 0 Å². The molecule has 1 fully saturated rings. The standard InChI is InChI=1S/C14H18O2/c1-9-4-5-10-11(8-9)16-12-6-7-13(10,2)14(12,3)15/h4-5,8,12,15H,6-7H2,1-3H3/t12-,13-,14+/m0/s1. The second-order valence-corrected chi connectivity index (χ2v) is 5.62. The first-order valence-corrected chi connectivity index (χ1v) is 5.95. The van der Waals surface area contributed by atoms with Crippen LogP contribution < -0.4 is 4.74 Å². The van der Waals surface area contributed by atoms with Gasteiger partial charge in [0.05, 0.1) is 0 Å². The van der Waals surface area contributed by atoms with E-state index in [1.807, 2.05) is 6.92 Å². The minimum absolute atomic E-state index is 0.0493. The van der Waals surface area contributed by atoms with Gasteiger partial charge in [-0.25, -0.2) is 0 Å². The Morgan fingerprint density at radius 2 is 2.12 bits per heavy atom. The van der Waals surface area contributed by atoms with E-state index in [1.165, 1.54) is 5.56 Å². The van der Waals surface area contributed by atoms with Gasteiger partial charge < -0.3 is 9.84 Å². The van der Waals surface area contributed by atoms with E-state index in [-0.39, 0.29) is 11.5 Å². The van der Waals surface area contributed by atoms with Crippen LogP contribution in [-0.2, 0) is 5.41 Å². The topological polar surface area (TPSA) is 29.5 Å². The van der Waals surface area contributed by atoms with Gasteiger partial charge in [-0.2, -0.15) is 0 Å². The van der Waals surface area contributed by atoms with Crippen molar-refractivity contribution < 1.29 is 9.84 Å². The van der Waals surface area contributed by atoms with E-state index in [2.05, 4.69) is 32.0 Å². The average molecular weight is 218 g/mol. The molecule has 16 heavy (non-hydrogen) atoms. The molecule has 3 rings (SSSR count). The van der Waals surface area contributed by atoms with Crippen molar-refractivity contribution in [3.8, 4) is 5.75 Å². The second-order valence-electron chi connectivity index (χ2n) is 5.62. The average Bonchev–Trinajstić information content (AvgIpc) is 2.37. The summed E-state index contributed by atoms with van der Waals surface area (Å²) in [5, 5.41) is 10.6. The Balaban J connectivity index is 2.23. The van der Waals surface area contributed by atoms with Crippen LogP contribution >= 0.6 is 0 Å². The molecule has 86 valence electrons. The van der Waals surface area contributed by atoms with Gasteiger partial charge in [0.2, 0.25) is 0 Å². The summed E-state index contributed by atoms with van der Waals surface area (Å²) in [7, 11) is 0. The maximum Gasteiger partial charge on any atom is 0.128 e. The van der Waals surface area contributed by atoms with E-state index in [9.17, 15) is 5.11 Å². The fraction of sp³-hybridized carbons (Fsp3) is 0.571. The molecule has 0 saturated heterocycles. The highest BCUT2D eigenvalue weighted by Gasteiger charge is 2.59. The first-order valence-electron chi connectivity index (χ1n) is 5.95. The Labute approximate surface area is 96.2 Å². The lowest BCUT2D eigenvalue weighted by atomic mass is 9.69. The summed E-state index contributed by atoms with van der Waals surface area (Å²) in [6.45, 7) is 6.14. The normalized spacial score (nSPS) is 40.4. The number of aryl methyl sites for hydroxylation is 1. The molecule has 0 spiro atoms. The first kappa shape index (κ1) is 10.2. The van der Waals surface area contributed by atoms with Crippen molar-refractivity contribution in [3.05, 3.63) is 29.3 Å². The lowest BCUT2D eigenvalue weighted by Crippen LogP contribution is -2.54. The van der Waals surface area contributed by atoms with Crippen molar-refractivity contribution in [3.63, 3.8) is 0 Å². The van der Waals surface area contributed by atoms with Crippen LogP contribution in [0, 0.1) is 6.92 Å². The molecule has 2 aliphatic rings. The zero-order valence-electron chi connectivity index (χ0n) is 10.1. The number of fused-ring (bicyclic) bond motifs is 4. The minimum Gasteiger partial charge on any atom is -0.487 e. The van der Waals surface area contributed by atoms with Gasteiger partial charge in [-0.15, -0.1) is 0 Å². The Hall–Kier alpha value is -1.02. The molecule has 1 aliphatic carbocycles. The number of aliphatic hydroxyl groups is 1. The molecule has 1 aliphatic heterocycles. The molecule has 2 nitrogen and oxygen atoms in total. The summed E-state index contributed by atoms with van der Waals surface area (Å²) in [5.74, 6) is 0.969. The molecule has 1 saturated carbocycles. The zero-order valence-corrected chi connectivity index (χ0v) is 10.1. The first-order chi connectivity index (χ1) is 7.45. The third kappa shape index (κ3) is 1.01.